The van der Waals surface area contributed by atoms with E-state index in [1.165, 1.54) is 12.3 Å². The minimum atomic E-state index is -0.509. The van der Waals surface area contributed by atoms with Crippen molar-refractivity contribution in [1.29, 1.82) is 0 Å². The Kier molecular flexibility index (Phi) is 7.29. The lowest BCUT2D eigenvalue weighted by Crippen LogP contribution is -2.20. The fourth-order valence-corrected chi connectivity index (χ4v) is 2.95. The fraction of sp³-hybridized carbons (Fsp3) is 0.0909. The molecule has 0 saturated heterocycles. The number of rotatable bonds is 8. The summed E-state index contributed by atoms with van der Waals surface area (Å²) in [5.41, 5.74) is 4.34. The van der Waals surface area contributed by atoms with E-state index in [-0.39, 0.29) is 12.1 Å². The average Bonchev–Trinajstić information content (AvgIpc) is 2.74. The van der Waals surface area contributed by atoms with E-state index in [1.54, 1.807) is 18.2 Å². The molecule has 3 aromatic rings. The second-order valence-electron chi connectivity index (χ2n) is 6.31. The number of hydrazone groups is 1. The third-order valence-electron chi connectivity index (χ3n) is 4.16. The van der Waals surface area contributed by atoms with E-state index in [4.69, 9.17) is 4.74 Å². The second-order valence-corrected chi connectivity index (χ2v) is 7.22. The molecule has 0 aliphatic carbocycles. The number of hydrogen-bond acceptors (Lipinski definition) is 5. The van der Waals surface area contributed by atoms with Crippen molar-refractivity contribution in [2.75, 3.05) is 0 Å². The number of ether oxygens (including phenoxy) is 1. The summed E-state index contributed by atoms with van der Waals surface area (Å²) in [5.74, 6) is 0.172. The molecule has 3 aromatic carbocycles. The number of halogens is 1. The second kappa shape index (κ2) is 10.3. The SMILES string of the molecule is O=C(Cc1ccccc1[N+](=O)[O-])NN=Cc1ccccc1OCc1ccc(Br)cc1. The Labute approximate surface area is 181 Å². The Hall–Kier alpha value is -3.52. The van der Waals surface area contributed by atoms with Gasteiger partial charge >= 0.3 is 0 Å². The first-order valence-corrected chi connectivity index (χ1v) is 9.82. The Balaban J connectivity index is 1.60. The molecule has 0 heterocycles. The third-order valence-corrected chi connectivity index (χ3v) is 4.69. The number of carbonyl (C=O) groups is 1. The van der Waals surface area contributed by atoms with Crippen LogP contribution in [0, 0.1) is 10.1 Å². The highest BCUT2D eigenvalue weighted by molar-refractivity contribution is 9.10. The first-order valence-electron chi connectivity index (χ1n) is 9.03. The van der Waals surface area contributed by atoms with Crippen LogP contribution in [0.1, 0.15) is 16.7 Å². The minimum Gasteiger partial charge on any atom is -0.488 e. The topological polar surface area (TPSA) is 93.8 Å². The first-order chi connectivity index (χ1) is 14.5. The predicted molar refractivity (Wildman–Crippen MR) is 117 cm³/mol. The third kappa shape index (κ3) is 5.99. The summed E-state index contributed by atoms with van der Waals surface area (Å²) in [6, 6.07) is 21.2. The van der Waals surface area contributed by atoms with Gasteiger partial charge < -0.3 is 4.74 Å². The first kappa shape index (κ1) is 21.2. The van der Waals surface area contributed by atoms with Crippen molar-refractivity contribution >= 4 is 33.7 Å². The number of benzene rings is 3. The normalized spacial score (nSPS) is 10.7. The zero-order valence-corrected chi connectivity index (χ0v) is 17.4. The molecule has 0 aliphatic heterocycles. The highest BCUT2D eigenvalue weighted by Gasteiger charge is 2.15. The van der Waals surface area contributed by atoms with Crippen LogP contribution >= 0.6 is 15.9 Å². The molecule has 0 aliphatic rings. The van der Waals surface area contributed by atoms with Gasteiger partial charge in [0.1, 0.15) is 12.4 Å². The van der Waals surface area contributed by atoms with Crippen LogP contribution in [0.15, 0.2) is 82.4 Å². The van der Waals surface area contributed by atoms with E-state index in [1.807, 2.05) is 48.5 Å². The number of nitro benzene ring substituents is 1. The summed E-state index contributed by atoms with van der Waals surface area (Å²) in [6.45, 7) is 0.391. The van der Waals surface area contributed by atoms with E-state index >= 15 is 0 Å². The summed E-state index contributed by atoms with van der Waals surface area (Å²) in [7, 11) is 0. The lowest BCUT2D eigenvalue weighted by molar-refractivity contribution is -0.385. The zero-order valence-electron chi connectivity index (χ0n) is 15.8. The van der Waals surface area contributed by atoms with Crippen LogP contribution in [-0.2, 0) is 17.8 Å². The summed E-state index contributed by atoms with van der Waals surface area (Å²) >= 11 is 3.40. The van der Waals surface area contributed by atoms with E-state index in [9.17, 15) is 14.9 Å². The summed E-state index contributed by atoms with van der Waals surface area (Å²) in [5, 5.41) is 15.0. The van der Waals surface area contributed by atoms with Crippen LogP contribution < -0.4 is 10.2 Å². The molecule has 0 unspecified atom stereocenters. The molecular formula is C22H18BrN3O4. The van der Waals surface area contributed by atoms with Gasteiger partial charge in [-0.3, -0.25) is 14.9 Å². The van der Waals surface area contributed by atoms with Gasteiger partial charge in [-0.25, -0.2) is 5.43 Å². The van der Waals surface area contributed by atoms with Gasteiger partial charge in [-0.05, 0) is 29.8 Å². The van der Waals surface area contributed by atoms with Gasteiger partial charge in [0.25, 0.3) is 5.69 Å². The maximum atomic E-state index is 12.1. The van der Waals surface area contributed by atoms with Crippen molar-refractivity contribution in [2.45, 2.75) is 13.0 Å². The lowest BCUT2D eigenvalue weighted by Gasteiger charge is -2.09. The standard InChI is InChI=1S/C22H18BrN3O4/c23-19-11-9-16(10-12-19)15-30-21-8-4-2-6-18(21)14-24-25-22(27)13-17-5-1-3-7-20(17)26(28)29/h1-12,14H,13,15H2,(H,25,27). The van der Waals surface area contributed by atoms with Gasteiger partial charge in [0.2, 0.25) is 5.91 Å². The van der Waals surface area contributed by atoms with Crippen LogP contribution in [0.2, 0.25) is 0 Å². The van der Waals surface area contributed by atoms with Crippen LogP contribution in [0.5, 0.6) is 5.75 Å². The summed E-state index contributed by atoms with van der Waals surface area (Å²) < 4.78 is 6.86. The minimum absolute atomic E-state index is 0.0942. The smallest absolute Gasteiger partial charge is 0.273 e. The fourth-order valence-electron chi connectivity index (χ4n) is 2.69. The van der Waals surface area contributed by atoms with E-state index < -0.39 is 10.8 Å². The van der Waals surface area contributed by atoms with Crippen molar-refractivity contribution in [1.82, 2.24) is 5.43 Å². The largest absolute Gasteiger partial charge is 0.488 e. The maximum Gasteiger partial charge on any atom is 0.273 e. The Morgan fingerprint density at radius 1 is 1.07 bits per heavy atom. The maximum absolute atomic E-state index is 12.1. The van der Waals surface area contributed by atoms with E-state index in [0.717, 1.165) is 10.0 Å². The Morgan fingerprint density at radius 2 is 1.77 bits per heavy atom. The summed E-state index contributed by atoms with van der Waals surface area (Å²) in [6.07, 6.45) is 1.34. The van der Waals surface area contributed by atoms with Crippen molar-refractivity contribution in [3.63, 3.8) is 0 Å². The van der Waals surface area contributed by atoms with E-state index in [2.05, 4.69) is 26.5 Å². The van der Waals surface area contributed by atoms with Crippen LogP contribution in [0.4, 0.5) is 5.69 Å². The van der Waals surface area contributed by atoms with Gasteiger partial charge in [0, 0.05) is 21.7 Å². The molecule has 0 aromatic heterocycles. The number of nitrogens with one attached hydrogen (secondary N) is 1. The Morgan fingerprint density at radius 3 is 2.53 bits per heavy atom. The number of amides is 1. The molecule has 0 bridgehead atoms. The van der Waals surface area contributed by atoms with Crippen molar-refractivity contribution in [3.05, 3.63) is 104 Å². The molecule has 152 valence electrons. The number of hydrogen-bond donors (Lipinski definition) is 1. The van der Waals surface area contributed by atoms with Crippen LogP contribution in [-0.4, -0.2) is 17.0 Å². The monoisotopic (exact) mass is 467 g/mol. The van der Waals surface area contributed by atoms with Gasteiger partial charge in [-0.2, -0.15) is 5.10 Å². The van der Waals surface area contributed by atoms with Crippen molar-refractivity contribution < 1.29 is 14.5 Å². The molecule has 0 saturated carbocycles. The van der Waals surface area contributed by atoms with Gasteiger partial charge in [0.05, 0.1) is 17.6 Å². The predicted octanol–water partition coefficient (Wildman–Crippen LogP) is 4.63. The van der Waals surface area contributed by atoms with Gasteiger partial charge in [-0.15, -0.1) is 0 Å². The highest BCUT2D eigenvalue weighted by Crippen LogP contribution is 2.19. The Bertz CT molecular complexity index is 1070. The van der Waals surface area contributed by atoms with Crippen LogP contribution in [0.25, 0.3) is 0 Å². The van der Waals surface area contributed by atoms with E-state index in [0.29, 0.717) is 23.5 Å². The lowest BCUT2D eigenvalue weighted by atomic mass is 10.1. The van der Waals surface area contributed by atoms with Crippen molar-refractivity contribution in [3.8, 4) is 5.75 Å². The van der Waals surface area contributed by atoms with Crippen molar-refractivity contribution in [2.24, 2.45) is 5.10 Å². The molecule has 0 spiro atoms. The van der Waals surface area contributed by atoms with Crippen LogP contribution in [0.3, 0.4) is 0 Å². The molecule has 3 rings (SSSR count). The number of nitrogens with zero attached hydrogens (tertiary/aromatic N) is 2. The molecule has 0 atom stereocenters. The molecule has 8 heteroatoms. The molecule has 1 N–H and O–H groups in total. The number of carbonyl (C=O) groups excluding carboxylic acids is 1. The molecule has 1 amide bonds. The molecule has 0 fully saturated rings. The summed E-state index contributed by atoms with van der Waals surface area (Å²) in [4.78, 5) is 22.7. The van der Waals surface area contributed by atoms with Gasteiger partial charge in [0.15, 0.2) is 0 Å². The van der Waals surface area contributed by atoms with Gasteiger partial charge in [-0.1, -0.05) is 58.4 Å². The highest BCUT2D eigenvalue weighted by atomic mass is 79.9. The number of para-hydroxylation sites is 2. The molecule has 30 heavy (non-hydrogen) atoms. The molecule has 0 radical (unpaired) electrons. The average molecular weight is 468 g/mol. The molecular weight excluding hydrogens is 450 g/mol. The number of nitro groups is 1. The molecule has 7 nitrogen and oxygen atoms in total. The zero-order chi connectivity index (χ0) is 21.3. The quantitative estimate of drug-likeness (QED) is 0.296.